The van der Waals surface area contributed by atoms with E-state index in [4.69, 9.17) is 17.0 Å². The average molecular weight is 484 g/mol. The lowest BCUT2D eigenvalue weighted by atomic mass is 10.0. The first-order valence-corrected chi connectivity index (χ1v) is 12.0. The number of nitrogens with zero attached hydrogens (tertiary/aromatic N) is 4. The molecule has 0 radical (unpaired) electrons. The highest BCUT2D eigenvalue weighted by Gasteiger charge is 2.42. The van der Waals surface area contributed by atoms with Crippen LogP contribution in [0.1, 0.15) is 29.2 Å². The van der Waals surface area contributed by atoms with Gasteiger partial charge in [-0.3, -0.25) is 4.98 Å². The van der Waals surface area contributed by atoms with Crippen LogP contribution in [0.4, 0.5) is 11.4 Å². The van der Waals surface area contributed by atoms with Crippen molar-refractivity contribution in [1.29, 1.82) is 0 Å². The molecular weight excluding hydrogens is 454 g/mol. The van der Waals surface area contributed by atoms with Gasteiger partial charge >= 0.3 is 0 Å². The first kappa shape index (κ1) is 22.9. The van der Waals surface area contributed by atoms with Gasteiger partial charge in [0.2, 0.25) is 0 Å². The van der Waals surface area contributed by atoms with Gasteiger partial charge in [0, 0.05) is 48.7 Å². The molecule has 1 N–H and O–H groups in total. The second-order valence-corrected chi connectivity index (χ2v) is 9.23. The number of hydrogen-bond donors (Lipinski definition) is 1. The van der Waals surface area contributed by atoms with Crippen LogP contribution < -0.4 is 19.9 Å². The fourth-order valence-electron chi connectivity index (χ4n) is 4.72. The van der Waals surface area contributed by atoms with Crippen LogP contribution in [0.3, 0.4) is 0 Å². The summed E-state index contributed by atoms with van der Waals surface area (Å²) in [4.78, 5) is 8.99. The van der Waals surface area contributed by atoms with Crippen molar-refractivity contribution in [2.45, 2.75) is 19.0 Å². The number of aromatic nitrogens is 2. The molecule has 0 bridgehead atoms. The first-order valence-electron chi connectivity index (χ1n) is 11.6. The van der Waals surface area contributed by atoms with Crippen molar-refractivity contribution < 1.29 is 4.74 Å². The summed E-state index contributed by atoms with van der Waals surface area (Å²) in [6, 6.07) is 26.8. The smallest absolute Gasteiger partial charge is 0.174 e. The summed E-state index contributed by atoms with van der Waals surface area (Å²) in [5.41, 5.74) is 6.48. The molecule has 0 aliphatic carbocycles. The number of thiocarbonyl (C=S) groups is 1. The topological polar surface area (TPSA) is 45.6 Å². The number of anilines is 2. The molecule has 1 aliphatic heterocycles. The van der Waals surface area contributed by atoms with Crippen LogP contribution in [0.5, 0.6) is 5.75 Å². The van der Waals surface area contributed by atoms with Crippen molar-refractivity contribution in [3.05, 3.63) is 102 Å². The molecule has 2 aromatic carbocycles. The average Bonchev–Trinajstić information content (AvgIpc) is 3.43. The Balaban J connectivity index is 1.65. The molecule has 0 amide bonds. The standard InChI is InChI=1S/C28H29N5OS/c1-19-8-17-25(32(19)21-13-15-23(34-4)16-14-21)27-26(24-7-5-6-18-29-24)30-28(35)33(27)22-11-9-20(10-12-22)31(2)3/h5-18,26-27H,1-4H3,(H,30,35)/t26-,27+/m0/s1. The Morgan fingerprint density at radius 2 is 1.63 bits per heavy atom. The first-order chi connectivity index (χ1) is 17.0. The maximum Gasteiger partial charge on any atom is 0.174 e. The SMILES string of the molecule is COc1ccc(-n2c(C)ccc2[C@@H]2[C@H](c3ccccn3)NC(=S)N2c2ccc(N(C)C)cc2)cc1. The van der Waals surface area contributed by atoms with E-state index in [1.165, 1.54) is 0 Å². The summed E-state index contributed by atoms with van der Waals surface area (Å²) in [5, 5.41) is 4.25. The molecular formula is C28H29N5OS. The predicted molar refractivity (Wildman–Crippen MR) is 146 cm³/mol. The number of hydrogen-bond acceptors (Lipinski definition) is 4. The lowest BCUT2D eigenvalue weighted by Crippen LogP contribution is -2.30. The molecule has 35 heavy (non-hydrogen) atoms. The molecule has 1 aliphatic rings. The molecule has 0 spiro atoms. The zero-order valence-electron chi connectivity index (χ0n) is 20.3. The van der Waals surface area contributed by atoms with Crippen LogP contribution in [-0.2, 0) is 0 Å². The van der Waals surface area contributed by atoms with Gasteiger partial charge in [-0.2, -0.15) is 0 Å². The lowest BCUT2D eigenvalue weighted by molar-refractivity contribution is 0.414. The maximum atomic E-state index is 5.91. The largest absolute Gasteiger partial charge is 0.497 e. The minimum atomic E-state index is -0.108. The number of rotatable bonds is 6. The summed E-state index contributed by atoms with van der Waals surface area (Å²) >= 11 is 5.91. The van der Waals surface area contributed by atoms with Crippen LogP contribution in [0.15, 0.2) is 85.1 Å². The zero-order valence-corrected chi connectivity index (χ0v) is 21.2. The Bertz CT molecular complexity index is 1320. The van der Waals surface area contributed by atoms with Crippen molar-refractivity contribution in [3.63, 3.8) is 0 Å². The minimum absolute atomic E-state index is 0.0987. The Morgan fingerprint density at radius 3 is 2.26 bits per heavy atom. The van der Waals surface area contributed by atoms with Crippen LogP contribution in [0, 0.1) is 6.92 Å². The molecule has 0 saturated carbocycles. The van der Waals surface area contributed by atoms with Crippen LogP contribution in [0.2, 0.25) is 0 Å². The quantitative estimate of drug-likeness (QED) is 0.369. The van der Waals surface area contributed by atoms with Gasteiger partial charge in [-0.25, -0.2) is 0 Å². The maximum absolute atomic E-state index is 5.91. The number of benzene rings is 2. The fourth-order valence-corrected chi connectivity index (χ4v) is 5.06. The predicted octanol–water partition coefficient (Wildman–Crippen LogP) is 5.43. The zero-order chi connectivity index (χ0) is 24.5. The van der Waals surface area contributed by atoms with E-state index in [-0.39, 0.29) is 12.1 Å². The molecule has 7 heteroatoms. The van der Waals surface area contributed by atoms with Crippen molar-refractivity contribution in [2.75, 3.05) is 31.0 Å². The second kappa shape index (κ2) is 9.43. The molecule has 2 atom stereocenters. The van der Waals surface area contributed by atoms with Crippen LogP contribution in [0.25, 0.3) is 5.69 Å². The molecule has 2 aromatic heterocycles. The van der Waals surface area contributed by atoms with Gasteiger partial charge in [0.05, 0.1) is 18.8 Å². The monoisotopic (exact) mass is 483 g/mol. The van der Waals surface area contributed by atoms with Gasteiger partial charge in [0.15, 0.2) is 5.11 Å². The molecule has 4 aromatic rings. The summed E-state index contributed by atoms with van der Waals surface area (Å²) in [6.07, 6.45) is 1.83. The van der Waals surface area contributed by atoms with E-state index in [1.54, 1.807) is 7.11 Å². The highest BCUT2D eigenvalue weighted by atomic mass is 32.1. The highest BCUT2D eigenvalue weighted by molar-refractivity contribution is 7.80. The third kappa shape index (κ3) is 4.23. The second-order valence-electron chi connectivity index (χ2n) is 8.84. The van der Waals surface area contributed by atoms with Gasteiger partial charge in [-0.05, 0) is 91.9 Å². The van der Waals surface area contributed by atoms with Crippen LogP contribution in [-0.4, -0.2) is 35.9 Å². The highest BCUT2D eigenvalue weighted by Crippen LogP contribution is 2.43. The summed E-state index contributed by atoms with van der Waals surface area (Å²) < 4.78 is 7.67. The third-order valence-corrected chi connectivity index (χ3v) is 6.80. The van der Waals surface area contributed by atoms with E-state index in [0.29, 0.717) is 5.11 Å². The van der Waals surface area contributed by atoms with Crippen molar-refractivity contribution in [2.24, 2.45) is 0 Å². The van der Waals surface area contributed by atoms with Crippen molar-refractivity contribution in [3.8, 4) is 11.4 Å². The van der Waals surface area contributed by atoms with E-state index in [0.717, 1.165) is 39.9 Å². The van der Waals surface area contributed by atoms with Crippen molar-refractivity contribution >= 4 is 28.7 Å². The molecule has 1 fully saturated rings. The van der Waals surface area contributed by atoms with E-state index in [2.05, 4.69) is 86.2 Å². The van der Waals surface area contributed by atoms with Gasteiger partial charge < -0.3 is 24.4 Å². The summed E-state index contributed by atoms with van der Waals surface area (Å²) in [5.74, 6) is 0.831. The Kier molecular flexibility index (Phi) is 6.17. The summed E-state index contributed by atoms with van der Waals surface area (Å²) in [7, 11) is 5.77. The fraction of sp³-hybridized carbons (Fsp3) is 0.214. The number of methoxy groups -OCH3 is 1. The Hall–Kier alpha value is -3.84. The molecule has 0 unspecified atom stereocenters. The van der Waals surface area contributed by atoms with Gasteiger partial charge in [-0.1, -0.05) is 6.07 Å². The number of aryl methyl sites for hydroxylation is 1. The van der Waals surface area contributed by atoms with Gasteiger partial charge in [0.1, 0.15) is 11.8 Å². The lowest BCUT2D eigenvalue weighted by Gasteiger charge is -2.29. The number of nitrogens with one attached hydrogen (secondary N) is 1. The Labute approximate surface area is 211 Å². The third-order valence-electron chi connectivity index (χ3n) is 6.48. The molecule has 5 rings (SSSR count). The molecule has 3 heterocycles. The van der Waals surface area contributed by atoms with E-state index < -0.39 is 0 Å². The van der Waals surface area contributed by atoms with Gasteiger partial charge in [0.25, 0.3) is 0 Å². The summed E-state index contributed by atoms with van der Waals surface area (Å²) in [6.45, 7) is 2.13. The van der Waals surface area contributed by atoms with Gasteiger partial charge in [-0.15, -0.1) is 0 Å². The molecule has 178 valence electrons. The van der Waals surface area contributed by atoms with Crippen molar-refractivity contribution in [1.82, 2.24) is 14.9 Å². The van der Waals surface area contributed by atoms with E-state index in [1.807, 2.05) is 44.6 Å². The normalized spacial score (nSPS) is 17.4. The molecule has 1 saturated heterocycles. The number of pyridine rings is 1. The van der Waals surface area contributed by atoms with Crippen LogP contribution >= 0.6 is 12.2 Å². The van der Waals surface area contributed by atoms with E-state index >= 15 is 0 Å². The number of ether oxygens (including phenoxy) is 1. The Morgan fingerprint density at radius 1 is 0.914 bits per heavy atom. The van der Waals surface area contributed by atoms with E-state index in [9.17, 15) is 0 Å². The minimum Gasteiger partial charge on any atom is -0.497 e. The molecule has 6 nitrogen and oxygen atoms in total.